The molecule has 0 saturated carbocycles. The molecule has 1 heterocycles. The van der Waals surface area contributed by atoms with Gasteiger partial charge in [0.15, 0.2) is 17.5 Å². The molecule has 1 aromatic carbocycles. The second kappa shape index (κ2) is 12.1. The van der Waals surface area contributed by atoms with Crippen molar-refractivity contribution in [3.05, 3.63) is 23.8 Å². The van der Waals surface area contributed by atoms with Crippen LogP contribution in [0.2, 0.25) is 0 Å². The number of aliphatic imine (C=N–C) groups is 1. The van der Waals surface area contributed by atoms with Crippen molar-refractivity contribution in [1.82, 2.24) is 10.6 Å². The van der Waals surface area contributed by atoms with Crippen LogP contribution in [0.4, 0.5) is 8.78 Å². The van der Waals surface area contributed by atoms with E-state index in [0.717, 1.165) is 25.0 Å². The second-order valence-corrected chi connectivity index (χ2v) is 5.63. The normalized spacial score (nSPS) is 17.0. The molecule has 2 N–H and O–H groups in total. The first kappa shape index (κ1) is 22.7. The van der Waals surface area contributed by atoms with Crippen molar-refractivity contribution in [2.75, 3.05) is 33.9 Å². The van der Waals surface area contributed by atoms with Crippen LogP contribution >= 0.6 is 24.0 Å². The van der Waals surface area contributed by atoms with Gasteiger partial charge in [0.2, 0.25) is 0 Å². The van der Waals surface area contributed by atoms with Crippen molar-refractivity contribution in [3.8, 4) is 11.5 Å². The Morgan fingerprint density at radius 3 is 2.77 bits per heavy atom. The molecule has 1 aliphatic rings. The van der Waals surface area contributed by atoms with Crippen LogP contribution in [0.15, 0.2) is 23.2 Å². The van der Waals surface area contributed by atoms with Gasteiger partial charge in [-0.05, 0) is 37.0 Å². The summed E-state index contributed by atoms with van der Waals surface area (Å²) in [6.07, 6.45) is 3.01. The van der Waals surface area contributed by atoms with E-state index in [-0.39, 0.29) is 41.6 Å². The standard InChI is InChI=1S/C17H25F2N3O3.HI/c1-20-17(22-11-13-4-3-9-24-13)21-8-7-12-5-6-14(23-2)15(10-12)25-16(18)19;/h5-6,10,13,16H,3-4,7-9,11H2,1-2H3,(H2,20,21,22);1H. The van der Waals surface area contributed by atoms with E-state index in [2.05, 4.69) is 20.4 Å². The molecule has 1 unspecified atom stereocenters. The van der Waals surface area contributed by atoms with Crippen LogP contribution in [0.1, 0.15) is 18.4 Å². The number of alkyl halides is 2. The molecule has 0 aromatic heterocycles. The first-order valence-electron chi connectivity index (χ1n) is 8.30. The number of rotatable bonds is 8. The molecule has 1 atom stereocenters. The van der Waals surface area contributed by atoms with Gasteiger partial charge in [0.25, 0.3) is 0 Å². The number of halogens is 3. The van der Waals surface area contributed by atoms with Gasteiger partial charge in [-0.1, -0.05) is 6.07 Å². The lowest BCUT2D eigenvalue weighted by molar-refractivity contribution is -0.0512. The second-order valence-electron chi connectivity index (χ2n) is 5.63. The van der Waals surface area contributed by atoms with Gasteiger partial charge in [0.05, 0.1) is 13.2 Å². The number of benzene rings is 1. The molecule has 2 rings (SSSR count). The minimum atomic E-state index is -2.89. The maximum Gasteiger partial charge on any atom is 0.387 e. The summed E-state index contributed by atoms with van der Waals surface area (Å²) in [4.78, 5) is 4.16. The van der Waals surface area contributed by atoms with Crippen molar-refractivity contribution < 1.29 is 23.0 Å². The van der Waals surface area contributed by atoms with E-state index in [1.165, 1.54) is 7.11 Å². The fourth-order valence-corrected chi connectivity index (χ4v) is 2.63. The fourth-order valence-electron chi connectivity index (χ4n) is 2.63. The Balaban J connectivity index is 0.00000338. The summed E-state index contributed by atoms with van der Waals surface area (Å²) in [6.45, 7) is -0.748. The summed E-state index contributed by atoms with van der Waals surface area (Å²) in [5, 5.41) is 6.42. The third-order valence-corrected chi connectivity index (χ3v) is 3.89. The van der Waals surface area contributed by atoms with Gasteiger partial charge in [-0.3, -0.25) is 4.99 Å². The van der Waals surface area contributed by atoms with Crippen LogP contribution in [0.25, 0.3) is 0 Å². The predicted octanol–water partition coefficient (Wildman–Crippen LogP) is 2.80. The van der Waals surface area contributed by atoms with Crippen molar-refractivity contribution in [2.45, 2.75) is 32.0 Å². The van der Waals surface area contributed by atoms with E-state index in [1.807, 2.05) is 6.07 Å². The van der Waals surface area contributed by atoms with E-state index in [9.17, 15) is 8.78 Å². The Morgan fingerprint density at radius 1 is 1.35 bits per heavy atom. The van der Waals surface area contributed by atoms with Crippen LogP contribution < -0.4 is 20.1 Å². The molecule has 0 amide bonds. The Morgan fingerprint density at radius 2 is 2.15 bits per heavy atom. The lowest BCUT2D eigenvalue weighted by Gasteiger charge is -2.15. The number of guanidine groups is 1. The SMILES string of the molecule is CN=C(NCCc1ccc(OC)c(OC(F)F)c1)NCC1CCCO1.I. The number of nitrogens with one attached hydrogen (secondary N) is 2. The molecule has 148 valence electrons. The van der Waals surface area contributed by atoms with Crippen LogP contribution in [0.5, 0.6) is 11.5 Å². The highest BCUT2D eigenvalue weighted by atomic mass is 127. The Hall–Kier alpha value is -1.36. The summed E-state index contributed by atoms with van der Waals surface area (Å²) >= 11 is 0. The predicted molar refractivity (Wildman–Crippen MR) is 107 cm³/mol. The van der Waals surface area contributed by atoms with Gasteiger partial charge in [-0.25, -0.2) is 0 Å². The first-order valence-corrected chi connectivity index (χ1v) is 8.30. The molecular formula is C17H26F2IN3O3. The van der Waals surface area contributed by atoms with E-state index in [0.29, 0.717) is 25.5 Å². The smallest absolute Gasteiger partial charge is 0.387 e. The van der Waals surface area contributed by atoms with Gasteiger partial charge >= 0.3 is 6.61 Å². The number of hydrogen-bond donors (Lipinski definition) is 2. The lowest BCUT2D eigenvalue weighted by atomic mass is 10.1. The average molecular weight is 485 g/mol. The van der Waals surface area contributed by atoms with Crippen molar-refractivity contribution in [2.24, 2.45) is 4.99 Å². The maximum absolute atomic E-state index is 12.5. The maximum atomic E-state index is 12.5. The van der Waals surface area contributed by atoms with Gasteiger partial charge in [0.1, 0.15) is 0 Å². The number of ether oxygens (including phenoxy) is 3. The zero-order chi connectivity index (χ0) is 18.1. The van der Waals surface area contributed by atoms with Crippen molar-refractivity contribution >= 4 is 29.9 Å². The highest BCUT2D eigenvalue weighted by Gasteiger charge is 2.15. The van der Waals surface area contributed by atoms with Crippen LogP contribution in [-0.2, 0) is 11.2 Å². The number of nitrogens with zero attached hydrogens (tertiary/aromatic N) is 1. The summed E-state index contributed by atoms with van der Waals surface area (Å²) in [6, 6.07) is 5.01. The van der Waals surface area contributed by atoms with Crippen molar-refractivity contribution in [3.63, 3.8) is 0 Å². The fraction of sp³-hybridized carbons (Fsp3) is 0.588. The molecule has 0 bridgehead atoms. The van der Waals surface area contributed by atoms with Crippen LogP contribution in [0.3, 0.4) is 0 Å². The quantitative estimate of drug-likeness (QED) is 0.337. The average Bonchev–Trinajstić information content (AvgIpc) is 3.11. The Kier molecular flexibility index (Phi) is 10.6. The Labute approximate surface area is 169 Å². The van der Waals surface area contributed by atoms with Gasteiger partial charge in [-0.15, -0.1) is 24.0 Å². The summed E-state index contributed by atoms with van der Waals surface area (Å²) in [5.74, 6) is 1.01. The lowest BCUT2D eigenvalue weighted by Crippen LogP contribution is -2.41. The molecule has 1 aromatic rings. The first-order chi connectivity index (χ1) is 12.1. The van der Waals surface area contributed by atoms with Gasteiger partial charge < -0.3 is 24.8 Å². The summed E-state index contributed by atoms with van der Waals surface area (Å²) < 4.78 is 40.0. The van der Waals surface area contributed by atoms with Crippen LogP contribution in [-0.4, -0.2) is 52.5 Å². The third kappa shape index (κ3) is 7.48. The van der Waals surface area contributed by atoms with E-state index in [1.54, 1.807) is 19.2 Å². The molecule has 1 saturated heterocycles. The van der Waals surface area contributed by atoms with Crippen molar-refractivity contribution in [1.29, 1.82) is 0 Å². The molecule has 26 heavy (non-hydrogen) atoms. The molecule has 1 aliphatic heterocycles. The van der Waals surface area contributed by atoms with E-state index >= 15 is 0 Å². The minimum absolute atomic E-state index is 0. The molecule has 0 spiro atoms. The van der Waals surface area contributed by atoms with E-state index < -0.39 is 6.61 Å². The highest BCUT2D eigenvalue weighted by Crippen LogP contribution is 2.29. The zero-order valence-electron chi connectivity index (χ0n) is 15.0. The van der Waals surface area contributed by atoms with Gasteiger partial charge in [0, 0.05) is 26.7 Å². The Bertz CT molecular complexity index is 570. The number of methoxy groups -OCH3 is 1. The summed E-state index contributed by atoms with van der Waals surface area (Å²) in [7, 11) is 3.12. The number of hydrogen-bond acceptors (Lipinski definition) is 4. The molecule has 9 heteroatoms. The highest BCUT2D eigenvalue weighted by molar-refractivity contribution is 14.0. The molecule has 1 fully saturated rings. The monoisotopic (exact) mass is 485 g/mol. The largest absolute Gasteiger partial charge is 0.493 e. The molecular weight excluding hydrogens is 459 g/mol. The topological polar surface area (TPSA) is 64.1 Å². The van der Waals surface area contributed by atoms with E-state index in [4.69, 9.17) is 9.47 Å². The molecule has 0 radical (unpaired) electrons. The van der Waals surface area contributed by atoms with Gasteiger partial charge in [-0.2, -0.15) is 8.78 Å². The summed E-state index contributed by atoms with van der Waals surface area (Å²) in [5.41, 5.74) is 0.860. The van der Waals surface area contributed by atoms with Crippen LogP contribution in [0, 0.1) is 0 Å². The molecule has 0 aliphatic carbocycles. The molecule has 6 nitrogen and oxygen atoms in total. The zero-order valence-corrected chi connectivity index (χ0v) is 17.3. The minimum Gasteiger partial charge on any atom is -0.493 e. The third-order valence-electron chi connectivity index (χ3n) is 3.89.